The maximum Gasteiger partial charge on any atom is 0.146 e. The Bertz CT molecular complexity index is 597. The minimum Gasteiger partial charge on any atom is -0.497 e. The summed E-state index contributed by atoms with van der Waals surface area (Å²) >= 11 is 0. The molecular weight excluding hydrogens is 254 g/mol. The summed E-state index contributed by atoms with van der Waals surface area (Å²) < 4.78 is 10.5. The van der Waals surface area contributed by atoms with E-state index in [0.717, 1.165) is 17.0 Å². The van der Waals surface area contributed by atoms with Crippen LogP contribution in [-0.2, 0) is 0 Å². The van der Waals surface area contributed by atoms with Gasteiger partial charge in [-0.3, -0.25) is 5.43 Å². The van der Waals surface area contributed by atoms with Crippen LogP contribution in [0.5, 0.6) is 11.5 Å². The van der Waals surface area contributed by atoms with Gasteiger partial charge in [-0.05, 0) is 31.2 Å². The smallest absolute Gasteiger partial charge is 0.146 e. The lowest BCUT2D eigenvalue weighted by Gasteiger charge is -2.10. The second kappa shape index (κ2) is 6.56. The lowest BCUT2D eigenvalue weighted by atomic mass is 10.1. The summed E-state index contributed by atoms with van der Waals surface area (Å²) in [5.41, 5.74) is 4.61. The molecular formula is C15H17N3O2. The molecule has 0 amide bonds. The summed E-state index contributed by atoms with van der Waals surface area (Å²) in [6, 6.07) is 11.2. The Hall–Kier alpha value is -2.56. The zero-order chi connectivity index (χ0) is 14.4. The molecule has 1 heterocycles. The summed E-state index contributed by atoms with van der Waals surface area (Å²) in [6.07, 6.45) is 1.71. The number of benzene rings is 1. The number of hydrazone groups is 1. The zero-order valence-corrected chi connectivity index (χ0v) is 11.8. The molecule has 0 unspecified atom stereocenters. The van der Waals surface area contributed by atoms with Crippen molar-refractivity contribution in [3.8, 4) is 11.5 Å². The number of pyridine rings is 1. The van der Waals surface area contributed by atoms with Gasteiger partial charge in [0.15, 0.2) is 0 Å². The molecule has 5 heteroatoms. The first-order valence-corrected chi connectivity index (χ1v) is 6.18. The molecule has 5 nitrogen and oxygen atoms in total. The van der Waals surface area contributed by atoms with Crippen LogP contribution in [0.25, 0.3) is 0 Å². The molecule has 0 aliphatic rings. The molecule has 0 spiro atoms. The maximum atomic E-state index is 5.36. The van der Waals surface area contributed by atoms with Crippen LogP contribution in [0.2, 0.25) is 0 Å². The fourth-order valence-electron chi connectivity index (χ4n) is 1.73. The van der Waals surface area contributed by atoms with Crippen LogP contribution in [0, 0.1) is 0 Å². The van der Waals surface area contributed by atoms with Gasteiger partial charge in [0.05, 0.1) is 19.9 Å². The lowest BCUT2D eigenvalue weighted by Crippen LogP contribution is -2.03. The molecule has 0 saturated carbocycles. The van der Waals surface area contributed by atoms with Crippen molar-refractivity contribution < 1.29 is 9.47 Å². The largest absolute Gasteiger partial charge is 0.497 e. The van der Waals surface area contributed by atoms with E-state index in [1.165, 1.54) is 0 Å². The third-order valence-corrected chi connectivity index (χ3v) is 2.80. The standard InChI is InChI=1S/C15H17N3O2/c1-11(17-18-15-6-4-5-9-16-15)13-8-7-12(19-2)10-14(13)20-3/h4-10H,1-3H3,(H,16,18)/b17-11-. The van der Waals surface area contributed by atoms with E-state index in [1.807, 2.05) is 43.3 Å². The highest BCUT2D eigenvalue weighted by Gasteiger charge is 2.08. The van der Waals surface area contributed by atoms with Crippen LogP contribution in [0.1, 0.15) is 12.5 Å². The van der Waals surface area contributed by atoms with E-state index < -0.39 is 0 Å². The number of nitrogens with one attached hydrogen (secondary N) is 1. The van der Waals surface area contributed by atoms with E-state index in [1.54, 1.807) is 20.4 Å². The number of anilines is 1. The van der Waals surface area contributed by atoms with Crippen molar-refractivity contribution in [2.75, 3.05) is 19.6 Å². The van der Waals surface area contributed by atoms with Gasteiger partial charge in [0.1, 0.15) is 17.3 Å². The maximum absolute atomic E-state index is 5.36. The molecule has 0 fully saturated rings. The summed E-state index contributed by atoms with van der Waals surface area (Å²) in [4.78, 5) is 4.14. The highest BCUT2D eigenvalue weighted by molar-refractivity contribution is 6.01. The third kappa shape index (κ3) is 3.26. The van der Waals surface area contributed by atoms with Crippen molar-refractivity contribution in [3.05, 3.63) is 48.2 Å². The number of methoxy groups -OCH3 is 2. The Morgan fingerprint density at radius 1 is 1.15 bits per heavy atom. The Morgan fingerprint density at radius 3 is 2.65 bits per heavy atom. The molecule has 0 aliphatic carbocycles. The van der Waals surface area contributed by atoms with Gasteiger partial charge in [0.25, 0.3) is 0 Å². The number of nitrogens with zero attached hydrogens (tertiary/aromatic N) is 2. The van der Waals surface area contributed by atoms with Crippen LogP contribution >= 0.6 is 0 Å². The van der Waals surface area contributed by atoms with Crippen LogP contribution in [0.4, 0.5) is 5.82 Å². The van der Waals surface area contributed by atoms with E-state index >= 15 is 0 Å². The minimum atomic E-state index is 0.694. The molecule has 1 aromatic heterocycles. The molecule has 104 valence electrons. The number of aromatic nitrogens is 1. The quantitative estimate of drug-likeness (QED) is 0.671. The highest BCUT2D eigenvalue weighted by Crippen LogP contribution is 2.25. The minimum absolute atomic E-state index is 0.694. The lowest BCUT2D eigenvalue weighted by molar-refractivity contribution is 0.394. The fraction of sp³-hybridized carbons (Fsp3) is 0.200. The molecule has 0 atom stereocenters. The molecule has 1 N–H and O–H groups in total. The topological polar surface area (TPSA) is 55.7 Å². The summed E-state index contributed by atoms with van der Waals surface area (Å²) in [7, 11) is 3.25. The average Bonchev–Trinajstić information content (AvgIpc) is 2.52. The van der Waals surface area contributed by atoms with E-state index in [9.17, 15) is 0 Å². The Kier molecular flexibility index (Phi) is 4.55. The normalized spacial score (nSPS) is 11.1. The molecule has 20 heavy (non-hydrogen) atoms. The Balaban J connectivity index is 2.22. The second-order valence-corrected chi connectivity index (χ2v) is 4.09. The van der Waals surface area contributed by atoms with Gasteiger partial charge in [0, 0.05) is 17.8 Å². The van der Waals surface area contributed by atoms with Gasteiger partial charge in [0.2, 0.25) is 0 Å². The molecule has 2 aromatic rings. The van der Waals surface area contributed by atoms with Crippen molar-refractivity contribution in [3.63, 3.8) is 0 Å². The van der Waals surface area contributed by atoms with Crippen molar-refractivity contribution in [2.45, 2.75) is 6.92 Å². The summed E-state index contributed by atoms with van der Waals surface area (Å²) in [5.74, 6) is 2.16. The highest BCUT2D eigenvalue weighted by atomic mass is 16.5. The second-order valence-electron chi connectivity index (χ2n) is 4.09. The molecule has 0 saturated heterocycles. The van der Waals surface area contributed by atoms with E-state index in [-0.39, 0.29) is 0 Å². The SMILES string of the molecule is COc1ccc(/C(C)=N\Nc2ccccn2)c(OC)c1. The fourth-order valence-corrected chi connectivity index (χ4v) is 1.73. The van der Waals surface area contributed by atoms with Crippen molar-refractivity contribution >= 4 is 11.5 Å². The van der Waals surface area contributed by atoms with Crippen LogP contribution in [0.15, 0.2) is 47.7 Å². The third-order valence-electron chi connectivity index (χ3n) is 2.80. The van der Waals surface area contributed by atoms with Gasteiger partial charge in [-0.15, -0.1) is 0 Å². The van der Waals surface area contributed by atoms with E-state index in [2.05, 4.69) is 15.5 Å². The van der Waals surface area contributed by atoms with Gasteiger partial charge >= 0.3 is 0 Å². The number of ether oxygens (including phenoxy) is 2. The van der Waals surface area contributed by atoms with Crippen LogP contribution < -0.4 is 14.9 Å². The van der Waals surface area contributed by atoms with Crippen molar-refractivity contribution in [1.29, 1.82) is 0 Å². The number of hydrogen-bond acceptors (Lipinski definition) is 5. The van der Waals surface area contributed by atoms with Crippen molar-refractivity contribution in [2.24, 2.45) is 5.10 Å². The summed E-state index contributed by atoms with van der Waals surface area (Å²) in [5, 5.41) is 4.31. The number of rotatable bonds is 5. The van der Waals surface area contributed by atoms with E-state index in [0.29, 0.717) is 11.6 Å². The van der Waals surface area contributed by atoms with Gasteiger partial charge in [-0.25, -0.2) is 4.98 Å². The van der Waals surface area contributed by atoms with Crippen molar-refractivity contribution in [1.82, 2.24) is 4.98 Å². The molecule has 0 bridgehead atoms. The molecule has 0 radical (unpaired) electrons. The Morgan fingerprint density at radius 2 is 2.00 bits per heavy atom. The molecule has 1 aromatic carbocycles. The first kappa shape index (κ1) is 13.9. The zero-order valence-electron chi connectivity index (χ0n) is 11.8. The Labute approximate surface area is 118 Å². The number of hydrogen-bond donors (Lipinski definition) is 1. The summed E-state index contributed by atoms with van der Waals surface area (Å²) in [6.45, 7) is 1.90. The monoisotopic (exact) mass is 271 g/mol. The van der Waals surface area contributed by atoms with Crippen LogP contribution in [-0.4, -0.2) is 24.9 Å². The predicted octanol–water partition coefficient (Wildman–Crippen LogP) is 2.93. The van der Waals surface area contributed by atoms with Gasteiger partial charge < -0.3 is 9.47 Å². The van der Waals surface area contributed by atoms with Gasteiger partial charge in [-0.1, -0.05) is 6.07 Å². The predicted molar refractivity (Wildman–Crippen MR) is 79.6 cm³/mol. The first-order chi connectivity index (χ1) is 9.74. The molecule has 2 rings (SSSR count). The van der Waals surface area contributed by atoms with Crippen LogP contribution in [0.3, 0.4) is 0 Å². The average molecular weight is 271 g/mol. The van der Waals surface area contributed by atoms with Gasteiger partial charge in [-0.2, -0.15) is 5.10 Å². The first-order valence-electron chi connectivity index (χ1n) is 6.18. The van der Waals surface area contributed by atoms with E-state index in [4.69, 9.17) is 9.47 Å². The molecule has 0 aliphatic heterocycles.